The SMILES string of the molecule is O=C(Cc1ccc(OC(F)F)cc1)Nc1nc2ccccc2s1. The number of carbonyl (C=O) groups excluding carboxylic acids is 1. The number of para-hydroxylation sites is 1. The van der Waals surface area contributed by atoms with E-state index < -0.39 is 6.61 Å². The van der Waals surface area contributed by atoms with Gasteiger partial charge in [0.05, 0.1) is 16.6 Å². The van der Waals surface area contributed by atoms with E-state index in [0.29, 0.717) is 10.7 Å². The molecule has 0 bridgehead atoms. The van der Waals surface area contributed by atoms with E-state index in [1.54, 1.807) is 12.1 Å². The Hall–Kier alpha value is -2.54. The van der Waals surface area contributed by atoms with Crippen molar-refractivity contribution in [1.29, 1.82) is 0 Å². The number of nitrogens with one attached hydrogen (secondary N) is 1. The summed E-state index contributed by atoms with van der Waals surface area (Å²) in [6.07, 6.45) is 0.130. The summed E-state index contributed by atoms with van der Waals surface area (Å²) in [5.74, 6) is -0.151. The number of carbonyl (C=O) groups is 1. The maximum absolute atomic E-state index is 12.1. The normalized spacial score (nSPS) is 10.9. The number of ether oxygens (including phenoxy) is 1. The first-order chi connectivity index (χ1) is 11.1. The van der Waals surface area contributed by atoms with Gasteiger partial charge in [0.1, 0.15) is 5.75 Å². The van der Waals surface area contributed by atoms with Crippen LogP contribution in [0.4, 0.5) is 13.9 Å². The zero-order valence-electron chi connectivity index (χ0n) is 11.8. The fraction of sp³-hybridized carbons (Fsp3) is 0.125. The lowest BCUT2D eigenvalue weighted by Gasteiger charge is -2.05. The summed E-state index contributed by atoms with van der Waals surface area (Å²) in [7, 11) is 0. The molecule has 23 heavy (non-hydrogen) atoms. The number of aromatic nitrogens is 1. The van der Waals surface area contributed by atoms with Crippen LogP contribution in [0.1, 0.15) is 5.56 Å². The van der Waals surface area contributed by atoms with Gasteiger partial charge >= 0.3 is 6.61 Å². The van der Waals surface area contributed by atoms with Crippen LogP contribution in [-0.4, -0.2) is 17.5 Å². The molecule has 0 aliphatic heterocycles. The summed E-state index contributed by atoms with van der Waals surface area (Å²) in [5, 5.41) is 3.28. The number of amides is 1. The molecule has 118 valence electrons. The lowest BCUT2D eigenvalue weighted by Crippen LogP contribution is -2.14. The molecular weight excluding hydrogens is 322 g/mol. The van der Waals surface area contributed by atoms with Crippen molar-refractivity contribution >= 4 is 32.6 Å². The predicted octanol–water partition coefficient (Wildman–Crippen LogP) is 4.08. The molecule has 0 unspecified atom stereocenters. The largest absolute Gasteiger partial charge is 0.435 e. The second-order valence-electron chi connectivity index (χ2n) is 4.73. The number of nitrogens with zero attached hydrogens (tertiary/aromatic N) is 1. The van der Waals surface area contributed by atoms with Crippen LogP contribution in [0.3, 0.4) is 0 Å². The average Bonchev–Trinajstić information content (AvgIpc) is 2.90. The molecule has 7 heteroatoms. The van der Waals surface area contributed by atoms with Gasteiger partial charge in [-0.2, -0.15) is 8.78 Å². The van der Waals surface area contributed by atoms with Crippen molar-refractivity contribution in [3.05, 3.63) is 54.1 Å². The van der Waals surface area contributed by atoms with Crippen molar-refractivity contribution < 1.29 is 18.3 Å². The minimum Gasteiger partial charge on any atom is -0.435 e. The number of thiazole rings is 1. The predicted molar refractivity (Wildman–Crippen MR) is 85.0 cm³/mol. The van der Waals surface area contributed by atoms with Gasteiger partial charge < -0.3 is 10.1 Å². The highest BCUT2D eigenvalue weighted by Crippen LogP contribution is 2.25. The number of hydrogen-bond acceptors (Lipinski definition) is 4. The van der Waals surface area contributed by atoms with Crippen molar-refractivity contribution in [2.45, 2.75) is 13.0 Å². The van der Waals surface area contributed by atoms with Gasteiger partial charge in [-0.3, -0.25) is 4.79 Å². The summed E-state index contributed by atoms with van der Waals surface area (Å²) >= 11 is 1.40. The van der Waals surface area contributed by atoms with Crippen LogP contribution in [0.15, 0.2) is 48.5 Å². The fourth-order valence-electron chi connectivity index (χ4n) is 2.06. The summed E-state index contributed by atoms with van der Waals surface area (Å²) in [5.41, 5.74) is 1.53. The molecule has 1 heterocycles. The second-order valence-corrected chi connectivity index (χ2v) is 5.76. The van der Waals surface area contributed by atoms with Gasteiger partial charge in [0.25, 0.3) is 0 Å². The summed E-state index contributed by atoms with van der Waals surface area (Å²) in [6, 6.07) is 13.6. The molecule has 0 atom stereocenters. The number of rotatable bonds is 5. The lowest BCUT2D eigenvalue weighted by atomic mass is 10.1. The van der Waals surface area contributed by atoms with E-state index in [4.69, 9.17) is 0 Å². The maximum atomic E-state index is 12.1. The number of fused-ring (bicyclic) bond motifs is 1. The Balaban J connectivity index is 1.62. The van der Waals surface area contributed by atoms with Crippen molar-refractivity contribution in [2.75, 3.05) is 5.32 Å². The van der Waals surface area contributed by atoms with E-state index in [2.05, 4.69) is 15.0 Å². The van der Waals surface area contributed by atoms with Gasteiger partial charge in [-0.05, 0) is 29.8 Å². The molecule has 1 aromatic heterocycles. The van der Waals surface area contributed by atoms with Crippen LogP contribution in [-0.2, 0) is 11.2 Å². The Labute approximate surface area is 134 Å². The molecule has 0 aliphatic rings. The molecule has 0 fully saturated rings. The molecule has 3 aromatic rings. The van der Waals surface area contributed by atoms with Crippen molar-refractivity contribution in [2.24, 2.45) is 0 Å². The van der Waals surface area contributed by atoms with Crippen LogP contribution < -0.4 is 10.1 Å². The van der Waals surface area contributed by atoms with Gasteiger partial charge in [0, 0.05) is 0 Å². The fourth-order valence-corrected chi connectivity index (χ4v) is 2.95. The number of hydrogen-bond donors (Lipinski definition) is 1. The molecule has 3 rings (SSSR count). The second kappa shape index (κ2) is 6.70. The Morgan fingerprint density at radius 3 is 2.61 bits per heavy atom. The highest BCUT2D eigenvalue weighted by atomic mass is 32.1. The van der Waals surface area contributed by atoms with E-state index in [1.807, 2.05) is 24.3 Å². The van der Waals surface area contributed by atoms with Crippen LogP contribution in [0, 0.1) is 0 Å². The molecule has 0 radical (unpaired) electrons. The van der Waals surface area contributed by atoms with E-state index in [1.165, 1.54) is 23.5 Å². The van der Waals surface area contributed by atoms with Crippen LogP contribution in [0.25, 0.3) is 10.2 Å². The highest BCUT2D eigenvalue weighted by molar-refractivity contribution is 7.22. The van der Waals surface area contributed by atoms with E-state index in [9.17, 15) is 13.6 Å². The van der Waals surface area contributed by atoms with Gasteiger partial charge in [-0.25, -0.2) is 4.98 Å². The standard InChI is InChI=1S/C16H12F2N2O2S/c17-15(18)22-11-7-5-10(6-8-11)9-14(21)20-16-19-12-3-1-2-4-13(12)23-16/h1-8,15H,9H2,(H,19,20,21). The molecule has 1 amide bonds. The van der Waals surface area contributed by atoms with Gasteiger partial charge in [-0.1, -0.05) is 35.6 Å². The molecule has 0 spiro atoms. The average molecular weight is 334 g/mol. The molecule has 0 aliphatic carbocycles. The van der Waals surface area contributed by atoms with Gasteiger partial charge in [-0.15, -0.1) is 0 Å². The highest BCUT2D eigenvalue weighted by Gasteiger charge is 2.09. The summed E-state index contributed by atoms with van der Waals surface area (Å²) in [6.45, 7) is -2.86. The van der Waals surface area contributed by atoms with Crippen LogP contribution >= 0.6 is 11.3 Å². The molecule has 0 saturated heterocycles. The Bertz CT molecular complexity index is 785. The number of halogens is 2. The first-order valence-electron chi connectivity index (χ1n) is 6.79. The third kappa shape index (κ3) is 4.01. The molecule has 1 N–H and O–H groups in total. The molecule has 4 nitrogen and oxygen atoms in total. The zero-order chi connectivity index (χ0) is 16.2. The number of anilines is 1. The van der Waals surface area contributed by atoms with Gasteiger partial charge in [0.15, 0.2) is 5.13 Å². The summed E-state index contributed by atoms with van der Waals surface area (Å²) in [4.78, 5) is 16.4. The van der Waals surface area contributed by atoms with Crippen molar-refractivity contribution in [1.82, 2.24) is 4.98 Å². The minimum absolute atomic E-state index is 0.0651. The first-order valence-corrected chi connectivity index (χ1v) is 7.61. The Kier molecular flexibility index (Phi) is 4.47. The first kappa shape index (κ1) is 15.4. The summed E-state index contributed by atoms with van der Waals surface area (Å²) < 4.78 is 29.4. The molecule has 2 aromatic carbocycles. The number of benzene rings is 2. The monoisotopic (exact) mass is 334 g/mol. The topological polar surface area (TPSA) is 51.2 Å². The molecular formula is C16H12F2N2O2S. The van der Waals surface area contributed by atoms with Gasteiger partial charge in [0.2, 0.25) is 5.91 Å². The lowest BCUT2D eigenvalue weighted by molar-refractivity contribution is -0.115. The Morgan fingerprint density at radius 1 is 1.17 bits per heavy atom. The Morgan fingerprint density at radius 2 is 1.91 bits per heavy atom. The molecule has 0 saturated carbocycles. The van der Waals surface area contributed by atoms with E-state index >= 15 is 0 Å². The minimum atomic E-state index is -2.86. The van der Waals surface area contributed by atoms with E-state index in [-0.39, 0.29) is 18.1 Å². The zero-order valence-corrected chi connectivity index (χ0v) is 12.6. The van der Waals surface area contributed by atoms with E-state index in [0.717, 1.165) is 10.2 Å². The quantitative estimate of drug-likeness (QED) is 0.765. The third-order valence-corrected chi connectivity index (χ3v) is 4.01. The van der Waals surface area contributed by atoms with Crippen molar-refractivity contribution in [3.63, 3.8) is 0 Å². The van der Waals surface area contributed by atoms with Crippen LogP contribution in [0.2, 0.25) is 0 Å². The maximum Gasteiger partial charge on any atom is 0.387 e. The number of alkyl halides is 2. The third-order valence-electron chi connectivity index (χ3n) is 3.05. The van der Waals surface area contributed by atoms with Crippen molar-refractivity contribution in [3.8, 4) is 5.75 Å². The smallest absolute Gasteiger partial charge is 0.387 e. The van der Waals surface area contributed by atoms with Crippen LogP contribution in [0.5, 0.6) is 5.75 Å².